The van der Waals surface area contributed by atoms with Crippen LogP contribution in [0.3, 0.4) is 0 Å². The van der Waals surface area contributed by atoms with Crippen molar-refractivity contribution in [3.8, 4) is 23.1 Å². The van der Waals surface area contributed by atoms with E-state index in [-0.39, 0.29) is 0 Å². The lowest BCUT2D eigenvalue weighted by Crippen LogP contribution is -2.05. The number of nitrogens with zero attached hydrogens (tertiary/aromatic N) is 2. The van der Waals surface area contributed by atoms with Crippen LogP contribution in [0.1, 0.15) is 50.8 Å². The highest BCUT2D eigenvalue weighted by Crippen LogP contribution is 2.27. The largest absolute Gasteiger partial charge is 0.497 e. The normalized spacial score (nSPS) is 10.9. The van der Waals surface area contributed by atoms with E-state index in [0.717, 1.165) is 42.7 Å². The fourth-order valence-electron chi connectivity index (χ4n) is 2.41. The fourth-order valence-corrected chi connectivity index (χ4v) is 2.41. The van der Waals surface area contributed by atoms with Crippen LogP contribution in [0.4, 0.5) is 0 Å². The minimum absolute atomic E-state index is 0.449. The average molecular weight is 386 g/mol. The zero-order chi connectivity index (χ0) is 20.2. The lowest BCUT2D eigenvalue weighted by atomic mass is 10.1. The van der Waals surface area contributed by atoms with E-state index in [9.17, 15) is 0 Å². The molecule has 0 amide bonds. The van der Waals surface area contributed by atoms with Crippen molar-refractivity contribution in [1.82, 2.24) is 10.2 Å². The standard InChI is InChI=1S/C22H30N2O4/c1-5-7-11-27-21-15-18(23-24-22(21)28-12-8-6-2)10-9-17-13-19(25-3)16-20(14-17)26-4/h9-10,13-16H,5-8,11-12H2,1-4H3/b10-9+. The molecule has 1 aromatic carbocycles. The summed E-state index contributed by atoms with van der Waals surface area (Å²) in [6.07, 6.45) is 7.88. The van der Waals surface area contributed by atoms with Crippen LogP contribution < -0.4 is 18.9 Å². The van der Waals surface area contributed by atoms with Crippen LogP contribution in [0, 0.1) is 0 Å². The van der Waals surface area contributed by atoms with Gasteiger partial charge in [0.05, 0.1) is 33.1 Å². The van der Waals surface area contributed by atoms with Crippen molar-refractivity contribution in [3.05, 3.63) is 35.5 Å². The number of hydrogen-bond acceptors (Lipinski definition) is 6. The summed E-state index contributed by atoms with van der Waals surface area (Å²) < 4.78 is 22.2. The van der Waals surface area contributed by atoms with Crippen molar-refractivity contribution >= 4 is 12.2 Å². The van der Waals surface area contributed by atoms with Crippen LogP contribution in [0.25, 0.3) is 12.2 Å². The third-order valence-corrected chi connectivity index (χ3v) is 4.06. The van der Waals surface area contributed by atoms with Crippen LogP contribution in [0.5, 0.6) is 23.1 Å². The minimum Gasteiger partial charge on any atom is -0.497 e. The van der Waals surface area contributed by atoms with Gasteiger partial charge in [0.1, 0.15) is 11.5 Å². The topological polar surface area (TPSA) is 62.7 Å². The fraction of sp³-hybridized carbons (Fsp3) is 0.455. The molecule has 2 aromatic rings. The molecule has 0 spiro atoms. The van der Waals surface area contributed by atoms with Crippen molar-refractivity contribution in [1.29, 1.82) is 0 Å². The number of aromatic nitrogens is 2. The maximum atomic E-state index is 5.87. The van der Waals surface area contributed by atoms with E-state index < -0.39 is 0 Å². The monoisotopic (exact) mass is 386 g/mol. The molecule has 0 saturated carbocycles. The summed E-state index contributed by atoms with van der Waals surface area (Å²) in [6.45, 7) is 5.48. The van der Waals surface area contributed by atoms with Crippen molar-refractivity contribution in [3.63, 3.8) is 0 Å². The van der Waals surface area contributed by atoms with E-state index in [2.05, 4.69) is 24.0 Å². The molecule has 152 valence electrons. The summed E-state index contributed by atoms with van der Waals surface area (Å²) >= 11 is 0. The molecule has 0 saturated heterocycles. The Labute approximate surface area is 167 Å². The van der Waals surface area contributed by atoms with Crippen molar-refractivity contribution in [2.45, 2.75) is 39.5 Å². The van der Waals surface area contributed by atoms with Crippen LogP contribution in [-0.4, -0.2) is 37.6 Å². The Bertz CT molecular complexity index is 740. The smallest absolute Gasteiger partial charge is 0.276 e. The molecular weight excluding hydrogens is 356 g/mol. The van der Waals surface area contributed by atoms with Crippen LogP contribution in [0.15, 0.2) is 24.3 Å². The van der Waals surface area contributed by atoms with Gasteiger partial charge in [-0.15, -0.1) is 10.2 Å². The highest BCUT2D eigenvalue weighted by atomic mass is 16.5. The Kier molecular flexibility index (Phi) is 9.11. The number of rotatable bonds is 12. The highest BCUT2D eigenvalue weighted by molar-refractivity contribution is 5.70. The minimum atomic E-state index is 0.449. The molecule has 0 fully saturated rings. The summed E-state index contributed by atoms with van der Waals surface area (Å²) in [5, 5.41) is 8.45. The summed E-state index contributed by atoms with van der Waals surface area (Å²) in [4.78, 5) is 0. The van der Waals surface area contributed by atoms with E-state index in [0.29, 0.717) is 30.5 Å². The molecule has 1 aromatic heterocycles. The van der Waals surface area contributed by atoms with Crippen LogP contribution >= 0.6 is 0 Å². The molecule has 0 bridgehead atoms. The van der Waals surface area contributed by atoms with Gasteiger partial charge < -0.3 is 18.9 Å². The highest BCUT2D eigenvalue weighted by Gasteiger charge is 2.09. The molecular formula is C22H30N2O4. The molecule has 0 radical (unpaired) electrons. The van der Waals surface area contributed by atoms with Gasteiger partial charge >= 0.3 is 0 Å². The van der Waals surface area contributed by atoms with E-state index >= 15 is 0 Å². The van der Waals surface area contributed by atoms with Crippen molar-refractivity contribution in [2.75, 3.05) is 27.4 Å². The maximum absolute atomic E-state index is 5.87. The quantitative estimate of drug-likeness (QED) is 0.477. The van der Waals surface area contributed by atoms with Gasteiger partial charge in [0.15, 0.2) is 5.75 Å². The van der Waals surface area contributed by atoms with Gasteiger partial charge in [-0.05, 0) is 36.6 Å². The first-order valence-electron chi connectivity index (χ1n) is 9.74. The van der Waals surface area contributed by atoms with Crippen LogP contribution in [0.2, 0.25) is 0 Å². The molecule has 0 atom stereocenters. The van der Waals surface area contributed by atoms with Gasteiger partial charge in [0.2, 0.25) is 0 Å². The lowest BCUT2D eigenvalue weighted by Gasteiger charge is -2.11. The first-order valence-corrected chi connectivity index (χ1v) is 9.74. The Balaban J connectivity index is 2.19. The predicted molar refractivity (Wildman–Crippen MR) is 111 cm³/mol. The summed E-state index contributed by atoms with van der Waals surface area (Å²) in [5.41, 5.74) is 1.63. The van der Waals surface area contributed by atoms with E-state index in [1.807, 2.05) is 36.4 Å². The number of unbranched alkanes of at least 4 members (excludes halogenated alkanes) is 2. The first-order chi connectivity index (χ1) is 13.7. The summed E-state index contributed by atoms with van der Waals surface area (Å²) in [5.74, 6) is 2.54. The van der Waals surface area contributed by atoms with Crippen molar-refractivity contribution in [2.24, 2.45) is 0 Å². The average Bonchev–Trinajstić information content (AvgIpc) is 2.73. The molecule has 0 aliphatic heterocycles. The van der Waals surface area contributed by atoms with E-state index in [4.69, 9.17) is 18.9 Å². The Morgan fingerprint density at radius 1 is 0.786 bits per heavy atom. The second kappa shape index (κ2) is 11.8. The predicted octanol–water partition coefficient (Wildman–Crippen LogP) is 5.02. The number of hydrogen-bond donors (Lipinski definition) is 0. The van der Waals surface area contributed by atoms with Crippen LogP contribution in [-0.2, 0) is 0 Å². The summed E-state index contributed by atoms with van der Waals surface area (Å²) in [7, 11) is 3.26. The molecule has 0 aliphatic carbocycles. The van der Waals surface area contributed by atoms with E-state index in [1.165, 1.54) is 0 Å². The lowest BCUT2D eigenvalue weighted by molar-refractivity contribution is 0.250. The second-order valence-corrected chi connectivity index (χ2v) is 6.32. The Morgan fingerprint density at radius 2 is 1.43 bits per heavy atom. The SMILES string of the molecule is CCCCOc1cc(/C=C/c2cc(OC)cc(OC)c2)nnc1OCCCC. The molecule has 28 heavy (non-hydrogen) atoms. The van der Waals surface area contributed by atoms with Gasteiger partial charge in [0.25, 0.3) is 5.88 Å². The molecule has 0 N–H and O–H groups in total. The summed E-state index contributed by atoms with van der Waals surface area (Å²) in [6, 6.07) is 7.54. The molecule has 0 unspecified atom stereocenters. The molecule has 1 heterocycles. The van der Waals surface area contributed by atoms with Gasteiger partial charge in [-0.25, -0.2) is 0 Å². The maximum Gasteiger partial charge on any atom is 0.276 e. The van der Waals surface area contributed by atoms with Gasteiger partial charge in [-0.2, -0.15) is 0 Å². The number of benzene rings is 1. The Hall–Kier alpha value is -2.76. The van der Waals surface area contributed by atoms with Gasteiger partial charge in [-0.3, -0.25) is 0 Å². The third kappa shape index (κ3) is 6.76. The van der Waals surface area contributed by atoms with Gasteiger partial charge in [0, 0.05) is 12.1 Å². The zero-order valence-electron chi connectivity index (χ0n) is 17.2. The molecule has 0 aliphatic rings. The molecule has 2 rings (SSSR count). The molecule has 6 nitrogen and oxygen atoms in total. The van der Waals surface area contributed by atoms with Gasteiger partial charge in [-0.1, -0.05) is 32.8 Å². The Morgan fingerprint density at radius 3 is 2.04 bits per heavy atom. The zero-order valence-corrected chi connectivity index (χ0v) is 17.2. The first kappa shape index (κ1) is 21.5. The van der Waals surface area contributed by atoms with Crippen molar-refractivity contribution < 1.29 is 18.9 Å². The number of methoxy groups -OCH3 is 2. The van der Waals surface area contributed by atoms with E-state index in [1.54, 1.807) is 14.2 Å². The number of ether oxygens (including phenoxy) is 4. The third-order valence-electron chi connectivity index (χ3n) is 4.06. The second-order valence-electron chi connectivity index (χ2n) is 6.32. The molecule has 6 heteroatoms.